The van der Waals surface area contributed by atoms with Crippen LogP contribution in [-0.2, 0) is 4.74 Å². The fourth-order valence-corrected chi connectivity index (χ4v) is 2.51. The van der Waals surface area contributed by atoms with Gasteiger partial charge in [0.15, 0.2) is 6.61 Å². The van der Waals surface area contributed by atoms with Crippen molar-refractivity contribution in [1.82, 2.24) is 0 Å². The monoisotopic (exact) mass is 388 g/mol. The molecule has 2 aromatic rings. The molecule has 0 aromatic heterocycles. The lowest BCUT2D eigenvalue weighted by Crippen LogP contribution is -2.19. The van der Waals surface area contributed by atoms with Crippen LogP contribution in [0.3, 0.4) is 0 Å². The van der Waals surface area contributed by atoms with Crippen molar-refractivity contribution in [3.05, 3.63) is 57.6 Å². The molecule has 0 saturated carbocycles. The first kappa shape index (κ1) is 20.7. The van der Waals surface area contributed by atoms with Gasteiger partial charge >= 0.3 is 5.97 Å². The number of carbonyl (C=O) groups excluding carboxylic acids is 2. The standard InChI is InChI=1S/C19H20N2O7/c1-20(2)16-7-5-12(21(24)25)9-14(16)19(23)28-11-17(22)15-10-13(26-3)6-8-18(15)27-4/h5-10H,11H2,1-4H3. The molecular weight excluding hydrogens is 368 g/mol. The summed E-state index contributed by atoms with van der Waals surface area (Å²) in [5, 5.41) is 11.0. The number of rotatable bonds is 8. The molecule has 0 amide bonds. The van der Waals surface area contributed by atoms with Crippen molar-refractivity contribution in [2.45, 2.75) is 0 Å². The summed E-state index contributed by atoms with van der Waals surface area (Å²) >= 11 is 0. The van der Waals surface area contributed by atoms with Crippen molar-refractivity contribution in [2.24, 2.45) is 0 Å². The fourth-order valence-electron chi connectivity index (χ4n) is 2.51. The number of nitro benzene ring substituents is 1. The predicted octanol–water partition coefficient (Wildman–Crippen LogP) is 2.72. The van der Waals surface area contributed by atoms with E-state index in [-0.39, 0.29) is 16.8 Å². The third-order valence-electron chi connectivity index (χ3n) is 3.93. The maximum atomic E-state index is 12.5. The van der Waals surface area contributed by atoms with Crippen molar-refractivity contribution in [1.29, 1.82) is 0 Å². The summed E-state index contributed by atoms with van der Waals surface area (Å²) in [6.45, 7) is -0.558. The number of hydrogen-bond donors (Lipinski definition) is 0. The van der Waals surface area contributed by atoms with Crippen LogP contribution in [0.1, 0.15) is 20.7 Å². The number of methoxy groups -OCH3 is 2. The SMILES string of the molecule is COc1ccc(OC)c(C(=O)COC(=O)c2cc([N+](=O)[O-])ccc2N(C)C)c1. The van der Waals surface area contributed by atoms with E-state index in [9.17, 15) is 19.7 Å². The fraction of sp³-hybridized carbons (Fsp3) is 0.263. The minimum absolute atomic E-state index is 0.00962. The number of benzene rings is 2. The van der Waals surface area contributed by atoms with Gasteiger partial charge in [-0.25, -0.2) is 4.79 Å². The maximum absolute atomic E-state index is 12.5. The van der Waals surface area contributed by atoms with Gasteiger partial charge < -0.3 is 19.1 Å². The molecule has 0 unspecified atom stereocenters. The molecule has 0 radical (unpaired) electrons. The Hall–Kier alpha value is -3.62. The highest BCUT2D eigenvalue weighted by Crippen LogP contribution is 2.26. The average molecular weight is 388 g/mol. The Morgan fingerprint density at radius 3 is 2.32 bits per heavy atom. The van der Waals surface area contributed by atoms with Crippen molar-refractivity contribution < 1.29 is 28.7 Å². The lowest BCUT2D eigenvalue weighted by atomic mass is 10.1. The van der Waals surface area contributed by atoms with Gasteiger partial charge in [0, 0.05) is 26.2 Å². The van der Waals surface area contributed by atoms with E-state index < -0.39 is 23.3 Å². The number of ketones is 1. The largest absolute Gasteiger partial charge is 0.497 e. The highest BCUT2D eigenvalue weighted by molar-refractivity contribution is 6.03. The molecule has 0 heterocycles. The number of nitrogens with zero attached hydrogens (tertiary/aromatic N) is 2. The summed E-state index contributed by atoms with van der Waals surface area (Å²) in [4.78, 5) is 37.0. The molecule has 0 N–H and O–H groups in total. The topological polar surface area (TPSA) is 108 Å². The average Bonchev–Trinajstić information content (AvgIpc) is 2.70. The van der Waals surface area contributed by atoms with Gasteiger partial charge in [-0.3, -0.25) is 14.9 Å². The molecule has 0 aliphatic rings. The molecule has 2 aromatic carbocycles. The van der Waals surface area contributed by atoms with Crippen molar-refractivity contribution >= 4 is 23.1 Å². The van der Waals surface area contributed by atoms with Gasteiger partial charge in [0.2, 0.25) is 5.78 Å². The van der Waals surface area contributed by atoms with Crippen molar-refractivity contribution in [3.8, 4) is 11.5 Å². The molecule has 0 saturated heterocycles. The smallest absolute Gasteiger partial charge is 0.340 e. The Kier molecular flexibility index (Phi) is 6.54. The number of Topliss-reactive ketones (excluding diaryl/α,β-unsaturated/α-hetero) is 1. The number of anilines is 1. The second kappa shape index (κ2) is 8.85. The van der Waals surface area contributed by atoms with Gasteiger partial charge in [0.25, 0.3) is 5.69 Å². The van der Waals surface area contributed by atoms with Crippen LogP contribution in [0, 0.1) is 10.1 Å². The number of hydrogen-bond acceptors (Lipinski definition) is 8. The first-order valence-electron chi connectivity index (χ1n) is 8.16. The highest BCUT2D eigenvalue weighted by Gasteiger charge is 2.21. The van der Waals surface area contributed by atoms with Crippen molar-refractivity contribution in [2.75, 3.05) is 39.8 Å². The third-order valence-corrected chi connectivity index (χ3v) is 3.93. The van der Waals surface area contributed by atoms with E-state index in [0.717, 1.165) is 6.07 Å². The third kappa shape index (κ3) is 4.56. The molecule has 0 aliphatic carbocycles. The van der Waals surface area contributed by atoms with Crippen LogP contribution in [0.25, 0.3) is 0 Å². The van der Waals surface area contributed by atoms with Crippen LogP contribution in [0.4, 0.5) is 11.4 Å². The van der Waals surface area contributed by atoms with E-state index in [1.165, 1.54) is 32.4 Å². The van der Waals surface area contributed by atoms with E-state index >= 15 is 0 Å². The summed E-state index contributed by atoms with van der Waals surface area (Å²) < 4.78 is 15.4. The quantitative estimate of drug-likeness (QED) is 0.294. The van der Waals surface area contributed by atoms with Crippen LogP contribution in [-0.4, -0.2) is 51.6 Å². The van der Waals surface area contributed by atoms with Crippen LogP contribution in [0.2, 0.25) is 0 Å². The Balaban J connectivity index is 2.23. The summed E-state index contributed by atoms with van der Waals surface area (Å²) in [6, 6.07) is 8.54. The summed E-state index contributed by atoms with van der Waals surface area (Å²) in [6.07, 6.45) is 0. The molecular formula is C19H20N2O7. The van der Waals surface area contributed by atoms with E-state index in [1.54, 1.807) is 31.1 Å². The van der Waals surface area contributed by atoms with E-state index in [1.807, 2.05) is 0 Å². The van der Waals surface area contributed by atoms with Gasteiger partial charge in [-0.05, 0) is 24.3 Å². The molecule has 0 fully saturated rings. The number of non-ortho nitro benzene ring substituents is 1. The minimum atomic E-state index is -0.845. The second-order valence-corrected chi connectivity index (χ2v) is 5.92. The Morgan fingerprint density at radius 1 is 1.04 bits per heavy atom. The van der Waals surface area contributed by atoms with Crippen LogP contribution >= 0.6 is 0 Å². The Bertz CT molecular complexity index is 909. The lowest BCUT2D eigenvalue weighted by Gasteiger charge is -2.16. The van der Waals surface area contributed by atoms with Gasteiger partial charge in [-0.2, -0.15) is 0 Å². The summed E-state index contributed by atoms with van der Waals surface area (Å²) in [5.74, 6) is -0.584. The van der Waals surface area contributed by atoms with Crippen LogP contribution in [0.5, 0.6) is 11.5 Å². The highest BCUT2D eigenvalue weighted by atomic mass is 16.6. The Labute approximate surface area is 161 Å². The number of carbonyl (C=O) groups is 2. The van der Waals surface area contributed by atoms with Crippen molar-refractivity contribution in [3.63, 3.8) is 0 Å². The lowest BCUT2D eigenvalue weighted by molar-refractivity contribution is -0.384. The zero-order valence-corrected chi connectivity index (χ0v) is 15.9. The second-order valence-electron chi connectivity index (χ2n) is 5.92. The minimum Gasteiger partial charge on any atom is -0.497 e. The molecule has 0 atom stereocenters. The molecule has 28 heavy (non-hydrogen) atoms. The van der Waals surface area contributed by atoms with E-state index in [4.69, 9.17) is 14.2 Å². The van der Waals surface area contributed by atoms with Crippen LogP contribution < -0.4 is 14.4 Å². The molecule has 148 valence electrons. The molecule has 0 bridgehead atoms. The summed E-state index contributed by atoms with van der Waals surface area (Å²) in [7, 11) is 6.24. The maximum Gasteiger partial charge on any atom is 0.340 e. The first-order valence-corrected chi connectivity index (χ1v) is 8.16. The molecule has 0 aliphatic heterocycles. The van der Waals surface area contributed by atoms with E-state index in [0.29, 0.717) is 17.2 Å². The van der Waals surface area contributed by atoms with Gasteiger partial charge in [-0.1, -0.05) is 0 Å². The Morgan fingerprint density at radius 2 is 1.75 bits per heavy atom. The van der Waals surface area contributed by atoms with Crippen LogP contribution in [0.15, 0.2) is 36.4 Å². The number of nitro groups is 1. The molecule has 9 heteroatoms. The normalized spacial score (nSPS) is 10.1. The zero-order valence-electron chi connectivity index (χ0n) is 15.9. The zero-order chi connectivity index (χ0) is 20.8. The number of ether oxygens (including phenoxy) is 3. The summed E-state index contributed by atoms with van der Waals surface area (Å²) in [5.41, 5.74) is 0.367. The van der Waals surface area contributed by atoms with Gasteiger partial charge in [0.1, 0.15) is 11.5 Å². The molecule has 2 rings (SSSR count). The predicted molar refractivity (Wildman–Crippen MR) is 102 cm³/mol. The van der Waals surface area contributed by atoms with E-state index in [2.05, 4.69) is 0 Å². The first-order chi connectivity index (χ1) is 13.3. The molecule has 9 nitrogen and oxygen atoms in total. The number of esters is 1. The molecule has 0 spiro atoms. The van der Waals surface area contributed by atoms with Gasteiger partial charge in [0.05, 0.1) is 36.0 Å². The van der Waals surface area contributed by atoms with Gasteiger partial charge in [-0.15, -0.1) is 0 Å².